The summed E-state index contributed by atoms with van der Waals surface area (Å²) in [5, 5.41) is 4.90. The Morgan fingerprint density at radius 3 is 2.45 bits per heavy atom. The molecular formula is C21H24N4O6. The molecule has 0 fully saturated rings. The SMILES string of the molecule is CCOC(=O)C(=O)NCc1cc(C[C@H](C)OC(=O)C(=O)NCc2cccnc2)ccn1. The molecule has 2 aromatic rings. The Labute approximate surface area is 179 Å². The lowest BCUT2D eigenvalue weighted by molar-refractivity contribution is -0.158. The second kappa shape index (κ2) is 12.0. The third kappa shape index (κ3) is 8.21. The smallest absolute Gasteiger partial charge is 0.397 e. The minimum Gasteiger partial charge on any atom is -0.459 e. The van der Waals surface area contributed by atoms with Crippen LogP contribution in [0.25, 0.3) is 0 Å². The van der Waals surface area contributed by atoms with E-state index in [1.54, 1.807) is 50.5 Å². The van der Waals surface area contributed by atoms with E-state index in [1.807, 2.05) is 0 Å². The molecule has 0 aromatic carbocycles. The van der Waals surface area contributed by atoms with E-state index >= 15 is 0 Å². The molecule has 0 unspecified atom stereocenters. The predicted octanol–water partition coefficient (Wildman–Crippen LogP) is 0.447. The largest absolute Gasteiger partial charge is 0.459 e. The number of ether oxygens (including phenoxy) is 2. The van der Waals surface area contributed by atoms with Gasteiger partial charge in [0.15, 0.2) is 0 Å². The molecule has 2 N–H and O–H groups in total. The molecular weight excluding hydrogens is 404 g/mol. The second-order valence-corrected chi connectivity index (χ2v) is 6.52. The van der Waals surface area contributed by atoms with Gasteiger partial charge in [0, 0.05) is 31.6 Å². The summed E-state index contributed by atoms with van der Waals surface area (Å²) < 4.78 is 9.79. The van der Waals surface area contributed by atoms with Gasteiger partial charge in [-0.3, -0.25) is 19.6 Å². The first-order valence-electron chi connectivity index (χ1n) is 9.65. The lowest BCUT2D eigenvalue weighted by Gasteiger charge is -2.14. The van der Waals surface area contributed by atoms with E-state index in [0.29, 0.717) is 12.1 Å². The van der Waals surface area contributed by atoms with Crippen LogP contribution in [0.4, 0.5) is 0 Å². The molecule has 164 valence electrons. The standard InChI is InChI=1S/C21H24N4O6/c1-3-30-20(28)18(26)25-13-17-10-15(6-8-23-17)9-14(2)31-21(29)19(27)24-12-16-5-4-7-22-11-16/h4-8,10-11,14H,3,9,12-13H2,1-2H3,(H,24,27)(H,25,26)/t14-/m0/s1. The van der Waals surface area contributed by atoms with Crippen LogP contribution in [-0.4, -0.2) is 46.4 Å². The molecule has 0 aliphatic carbocycles. The number of carbonyl (C=O) groups excluding carboxylic acids is 4. The fourth-order valence-electron chi connectivity index (χ4n) is 2.56. The Kier molecular flexibility index (Phi) is 9.09. The van der Waals surface area contributed by atoms with Crippen molar-refractivity contribution in [3.05, 3.63) is 59.7 Å². The van der Waals surface area contributed by atoms with Gasteiger partial charge in [-0.25, -0.2) is 9.59 Å². The molecule has 0 aliphatic rings. The van der Waals surface area contributed by atoms with Gasteiger partial charge >= 0.3 is 23.8 Å². The van der Waals surface area contributed by atoms with E-state index in [0.717, 1.165) is 11.1 Å². The minimum atomic E-state index is -0.979. The maximum absolute atomic E-state index is 12.0. The van der Waals surface area contributed by atoms with Crippen molar-refractivity contribution in [2.75, 3.05) is 6.61 Å². The number of nitrogens with one attached hydrogen (secondary N) is 2. The van der Waals surface area contributed by atoms with Gasteiger partial charge in [0.25, 0.3) is 0 Å². The predicted molar refractivity (Wildman–Crippen MR) is 108 cm³/mol. The van der Waals surface area contributed by atoms with Crippen LogP contribution < -0.4 is 10.6 Å². The van der Waals surface area contributed by atoms with Gasteiger partial charge in [-0.1, -0.05) is 6.07 Å². The lowest BCUT2D eigenvalue weighted by Crippen LogP contribution is -2.34. The van der Waals surface area contributed by atoms with Gasteiger partial charge in [-0.05, 0) is 43.2 Å². The Balaban J connectivity index is 1.80. The molecule has 31 heavy (non-hydrogen) atoms. The number of nitrogens with zero attached hydrogens (tertiary/aromatic N) is 2. The van der Waals surface area contributed by atoms with Crippen molar-refractivity contribution in [1.82, 2.24) is 20.6 Å². The molecule has 0 saturated heterocycles. The van der Waals surface area contributed by atoms with Gasteiger partial charge in [0.2, 0.25) is 0 Å². The van der Waals surface area contributed by atoms with Crippen LogP contribution in [0.5, 0.6) is 0 Å². The van der Waals surface area contributed by atoms with Crippen molar-refractivity contribution in [2.45, 2.75) is 39.5 Å². The van der Waals surface area contributed by atoms with E-state index in [-0.39, 0.29) is 19.7 Å². The van der Waals surface area contributed by atoms with Gasteiger partial charge < -0.3 is 20.1 Å². The van der Waals surface area contributed by atoms with Crippen LogP contribution in [-0.2, 0) is 48.2 Å². The number of hydrogen-bond acceptors (Lipinski definition) is 8. The molecule has 2 aromatic heterocycles. The summed E-state index contributed by atoms with van der Waals surface area (Å²) in [6.07, 6.45) is 4.50. The zero-order valence-electron chi connectivity index (χ0n) is 17.3. The summed E-state index contributed by atoms with van der Waals surface area (Å²) in [6, 6.07) is 6.94. The first kappa shape index (κ1) is 23.5. The van der Waals surface area contributed by atoms with E-state index < -0.39 is 29.9 Å². The number of carbonyl (C=O) groups is 4. The van der Waals surface area contributed by atoms with Crippen molar-refractivity contribution in [3.63, 3.8) is 0 Å². The van der Waals surface area contributed by atoms with Crippen molar-refractivity contribution < 1.29 is 28.7 Å². The van der Waals surface area contributed by atoms with E-state index in [2.05, 4.69) is 25.3 Å². The molecule has 10 nitrogen and oxygen atoms in total. The van der Waals surface area contributed by atoms with Crippen molar-refractivity contribution in [2.24, 2.45) is 0 Å². The van der Waals surface area contributed by atoms with Gasteiger partial charge in [0.1, 0.15) is 6.10 Å². The molecule has 2 rings (SSSR count). The van der Waals surface area contributed by atoms with Crippen LogP contribution in [0.2, 0.25) is 0 Å². The highest BCUT2D eigenvalue weighted by atomic mass is 16.5. The third-order valence-electron chi connectivity index (χ3n) is 3.96. The van der Waals surface area contributed by atoms with E-state index in [4.69, 9.17) is 4.74 Å². The Morgan fingerprint density at radius 2 is 1.74 bits per heavy atom. The highest BCUT2D eigenvalue weighted by Crippen LogP contribution is 2.08. The number of hydrogen-bond donors (Lipinski definition) is 2. The Bertz CT molecular complexity index is 919. The molecule has 0 spiro atoms. The second-order valence-electron chi connectivity index (χ2n) is 6.52. The minimum absolute atomic E-state index is 0.0381. The van der Waals surface area contributed by atoms with Gasteiger partial charge in [-0.2, -0.15) is 0 Å². The van der Waals surface area contributed by atoms with Crippen LogP contribution in [0.1, 0.15) is 30.7 Å². The maximum Gasteiger partial charge on any atom is 0.397 e. The first-order chi connectivity index (χ1) is 14.9. The Morgan fingerprint density at radius 1 is 1.00 bits per heavy atom. The maximum atomic E-state index is 12.0. The summed E-state index contributed by atoms with van der Waals surface area (Å²) in [4.78, 5) is 54.8. The quantitative estimate of drug-likeness (QED) is 0.457. The lowest BCUT2D eigenvalue weighted by atomic mass is 10.1. The van der Waals surface area contributed by atoms with Crippen LogP contribution in [0.3, 0.4) is 0 Å². The molecule has 0 bridgehead atoms. The van der Waals surface area contributed by atoms with Crippen molar-refractivity contribution >= 4 is 23.8 Å². The highest BCUT2D eigenvalue weighted by Gasteiger charge is 2.19. The molecule has 0 radical (unpaired) electrons. The number of rotatable bonds is 8. The normalized spacial score (nSPS) is 11.2. The summed E-state index contributed by atoms with van der Waals surface area (Å²) in [5.41, 5.74) is 2.06. The number of amides is 2. The number of pyridine rings is 2. The molecule has 2 heterocycles. The Hall–Kier alpha value is -3.82. The molecule has 10 heteroatoms. The van der Waals surface area contributed by atoms with Crippen LogP contribution in [0.15, 0.2) is 42.9 Å². The summed E-state index contributed by atoms with van der Waals surface area (Å²) in [7, 11) is 0. The fraction of sp³-hybridized carbons (Fsp3) is 0.333. The molecule has 0 saturated carbocycles. The average molecular weight is 428 g/mol. The average Bonchev–Trinajstić information content (AvgIpc) is 2.76. The van der Waals surface area contributed by atoms with Crippen molar-refractivity contribution in [3.8, 4) is 0 Å². The first-order valence-corrected chi connectivity index (χ1v) is 9.65. The fourth-order valence-corrected chi connectivity index (χ4v) is 2.56. The third-order valence-corrected chi connectivity index (χ3v) is 3.96. The van der Waals surface area contributed by atoms with Crippen molar-refractivity contribution in [1.29, 1.82) is 0 Å². The van der Waals surface area contributed by atoms with E-state index in [9.17, 15) is 19.2 Å². The summed E-state index contributed by atoms with van der Waals surface area (Å²) in [6.45, 7) is 3.58. The highest BCUT2D eigenvalue weighted by molar-refractivity contribution is 6.32. The molecule has 0 aliphatic heterocycles. The van der Waals surface area contributed by atoms with E-state index in [1.165, 1.54) is 6.20 Å². The topological polar surface area (TPSA) is 137 Å². The summed E-state index contributed by atoms with van der Waals surface area (Å²) >= 11 is 0. The van der Waals surface area contributed by atoms with Crippen LogP contribution >= 0.6 is 0 Å². The molecule has 2 amide bonds. The monoisotopic (exact) mass is 428 g/mol. The van der Waals surface area contributed by atoms with Gasteiger partial charge in [0.05, 0.1) is 18.8 Å². The number of aromatic nitrogens is 2. The van der Waals surface area contributed by atoms with Gasteiger partial charge in [-0.15, -0.1) is 0 Å². The zero-order valence-corrected chi connectivity index (χ0v) is 17.3. The van der Waals surface area contributed by atoms with Crippen LogP contribution in [0, 0.1) is 0 Å². The molecule has 1 atom stereocenters. The summed E-state index contributed by atoms with van der Waals surface area (Å²) in [5.74, 6) is -3.63. The zero-order chi connectivity index (χ0) is 22.6. The number of esters is 2.